The third-order valence-corrected chi connectivity index (χ3v) is 3.51. The van der Waals surface area contributed by atoms with Crippen LogP contribution in [0.15, 0.2) is 6.20 Å². The van der Waals surface area contributed by atoms with Gasteiger partial charge in [-0.2, -0.15) is 13.2 Å². The molecule has 1 aromatic rings. The molecule has 0 saturated heterocycles. The van der Waals surface area contributed by atoms with Gasteiger partial charge < -0.3 is 14.4 Å². The summed E-state index contributed by atoms with van der Waals surface area (Å²) in [5, 5.41) is 0. The summed E-state index contributed by atoms with van der Waals surface area (Å²) in [6.07, 6.45) is -7.51. The molecular formula is C18H21F5N2O4. The summed E-state index contributed by atoms with van der Waals surface area (Å²) in [5.41, 5.74) is -6.04. The van der Waals surface area contributed by atoms with Crippen molar-refractivity contribution in [1.29, 1.82) is 0 Å². The summed E-state index contributed by atoms with van der Waals surface area (Å²) >= 11 is 0. The van der Waals surface area contributed by atoms with Crippen LogP contribution in [0, 0.1) is 0 Å². The lowest BCUT2D eigenvalue weighted by atomic mass is 9.92. The van der Waals surface area contributed by atoms with E-state index in [0.29, 0.717) is 0 Å². The molecule has 11 heteroatoms. The molecule has 0 saturated carbocycles. The van der Waals surface area contributed by atoms with Crippen LogP contribution in [0.3, 0.4) is 0 Å². The van der Waals surface area contributed by atoms with E-state index in [4.69, 9.17) is 9.47 Å². The van der Waals surface area contributed by atoms with E-state index in [2.05, 4.69) is 4.98 Å². The van der Waals surface area contributed by atoms with Gasteiger partial charge in [0, 0.05) is 25.9 Å². The Morgan fingerprint density at radius 3 is 1.90 bits per heavy atom. The van der Waals surface area contributed by atoms with E-state index >= 15 is 0 Å². The maximum atomic E-state index is 13.6. The van der Waals surface area contributed by atoms with E-state index in [1.165, 1.54) is 46.0 Å². The number of esters is 2. The van der Waals surface area contributed by atoms with Gasteiger partial charge in [-0.25, -0.2) is 23.4 Å². The van der Waals surface area contributed by atoms with E-state index in [1.807, 2.05) is 0 Å². The average Bonchev–Trinajstić information content (AvgIpc) is 2.58. The van der Waals surface area contributed by atoms with Crippen molar-refractivity contribution in [3.05, 3.63) is 34.3 Å². The van der Waals surface area contributed by atoms with E-state index in [9.17, 15) is 31.5 Å². The molecule has 162 valence electrons. The molecule has 0 aliphatic rings. The average molecular weight is 424 g/mol. The predicted molar refractivity (Wildman–Crippen MR) is 93.4 cm³/mol. The minimum absolute atomic E-state index is 0.0593. The van der Waals surface area contributed by atoms with Crippen LogP contribution >= 0.6 is 0 Å². The summed E-state index contributed by atoms with van der Waals surface area (Å²) in [6.45, 7) is 3.52. The normalized spacial score (nSPS) is 12.2. The van der Waals surface area contributed by atoms with Gasteiger partial charge >= 0.3 is 18.1 Å². The SMILES string of the molecule is CCOC(=O)c1c(C(F)F)nc(C(F)(F)F)c(C(=O)OCC)c1/C(C)=C/N(C)C. The van der Waals surface area contributed by atoms with Gasteiger partial charge in [-0.05, 0) is 26.3 Å². The Balaban J connectivity index is 4.22. The summed E-state index contributed by atoms with van der Waals surface area (Å²) < 4.78 is 77.5. The molecule has 0 aliphatic carbocycles. The molecule has 1 aromatic heterocycles. The van der Waals surface area contributed by atoms with Gasteiger partial charge in [-0.3, -0.25) is 0 Å². The zero-order valence-corrected chi connectivity index (χ0v) is 16.5. The lowest BCUT2D eigenvalue weighted by Crippen LogP contribution is -2.25. The first-order valence-electron chi connectivity index (χ1n) is 8.49. The lowest BCUT2D eigenvalue weighted by Gasteiger charge is -2.21. The molecule has 0 aromatic carbocycles. The summed E-state index contributed by atoms with van der Waals surface area (Å²) in [5.74, 6) is -2.77. The van der Waals surface area contributed by atoms with Gasteiger partial charge in [0.2, 0.25) is 0 Å². The second-order valence-electron chi connectivity index (χ2n) is 5.99. The topological polar surface area (TPSA) is 68.7 Å². The van der Waals surface area contributed by atoms with Gasteiger partial charge in [0.1, 0.15) is 5.69 Å². The fourth-order valence-electron chi connectivity index (χ4n) is 2.62. The number of pyridine rings is 1. The van der Waals surface area contributed by atoms with E-state index in [0.717, 1.165) is 0 Å². The molecule has 29 heavy (non-hydrogen) atoms. The van der Waals surface area contributed by atoms with E-state index in [1.54, 1.807) is 0 Å². The van der Waals surface area contributed by atoms with Crippen molar-refractivity contribution < 1.29 is 41.0 Å². The van der Waals surface area contributed by atoms with Crippen LogP contribution in [-0.4, -0.2) is 49.1 Å². The molecule has 0 radical (unpaired) electrons. The first kappa shape index (κ1) is 24.3. The fraction of sp³-hybridized carbons (Fsp3) is 0.500. The number of ether oxygens (including phenoxy) is 2. The molecule has 6 nitrogen and oxygen atoms in total. The molecule has 0 aliphatic heterocycles. The maximum absolute atomic E-state index is 13.6. The molecule has 1 rings (SSSR count). The minimum Gasteiger partial charge on any atom is -0.462 e. The quantitative estimate of drug-likeness (QED) is 0.480. The Morgan fingerprint density at radius 1 is 1.03 bits per heavy atom. The number of aromatic nitrogens is 1. The number of carbonyl (C=O) groups excluding carboxylic acids is 2. The Kier molecular flexibility index (Phi) is 8.10. The van der Waals surface area contributed by atoms with Gasteiger partial charge in [0.05, 0.1) is 24.3 Å². The highest BCUT2D eigenvalue weighted by atomic mass is 19.4. The van der Waals surface area contributed by atoms with Crippen LogP contribution in [0.4, 0.5) is 22.0 Å². The first-order chi connectivity index (χ1) is 13.4. The summed E-state index contributed by atoms with van der Waals surface area (Å²) in [6, 6.07) is 0. The van der Waals surface area contributed by atoms with E-state index in [-0.39, 0.29) is 18.8 Å². The molecule has 0 atom stereocenters. The van der Waals surface area contributed by atoms with E-state index < -0.39 is 52.6 Å². The van der Waals surface area contributed by atoms with Crippen molar-refractivity contribution in [2.75, 3.05) is 27.3 Å². The molecule has 0 spiro atoms. The third kappa shape index (κ3) is 5.64. The minimum atomic E-state index is -5.26. The zero-order chi connectivity index (χ0) is 22.5. The second kappa shape index (κ2) is 9.66. The highest BCUT2D eigenvalue weighted by Gasteiger charge is 2.43. The predicted octanol–water partition coefficient (Wildman–Crippen LogP) is 4.31. The summed E-state index contributed by atoms with van der Waals surface area (Å²) in [4.78, 5) is 29.2. The van der Waals surface area contributed by atoms with Gasteiger partial charge in [0.25, 0.3) is 6.43 Å². The standard InChI is InChI=1S/C18H21F5N2O4/c1-6-28-16(26)11-10(9(3)8-25(4)5)12(17(27)29-7-2)14(18(21,22)23)24-13(11)15(19)20/h8,15H,6-7H2,1-5H3/b9-8+. The number of rotatable bonds is 7. The van der Waals surface area contributed by atoms with Crippen LogP contribution in [0.5, 0.6) is 0 Å². The Labute approximate surface area is 164 Å². The van der Waals surface area contributed by atoms with Crippen LogP contribution in [0.25, 0.3) is 5.57 Å². The van der Waals surface area contributed by atoms with Crippen molar-refractivity contribution in [1.82, 2.24) is 9.88 Å². The van der Waals surface area contributed by atoms with Crippen molar-refractivity contribution >= 4 is 17.5 Å². The highest BCUT2D eigenvalue weighted by Crippen LogP contribution is 2.39. The van der Waals surface area contributed by atoms with Crippen LogP contribution < -0.4 is 0 Å². The Morgan fingerprint density at radius 2 is 1.52 bits per heavy atom. The molecule has 0 bridgehead atoms. The summed E-state index contributed by atoms with van der Waals surface area (Å²) in [7, 11) is 3.05. The first-order valence-corrected chi connectivity index (χ1v) is 8.49. The second-order valence-corrected chi connectivity index (χ2v) is 5.99. The monoisotopic (exact) mass is 424 g/mol. The number of carbonyl (C=O) groups is 2. The van der Waals surface area contributed by atoms with Gasteiger partial charge in [-0.15, -0.1) is 0 Å². The number of hydrogen-bond donors (Lipinski definition) is 0. The van der Waals surface area contributed by atoms with Gasteiger partial charge in [-0.1, -0.05) is 0 Å². The van der Waals surface area contributed by atoms with Crippen molar-refractivity contribution in [3.8, 4) is 0 Å². The third-order valence-electron chi connectivity index (χ3n) is 3.51. The highest BCUT2D eigenvalue weighted by molar-refractivity contribution is 6.04. The van der Waals surface area contributed by atoms with Crippen molar-refractivity contribution in [2.24, 2.45) is 0 Å². The van der Waals surface area contributed by atoms with Crippen molar-refractivity contribution in [2.45, 2.75) is 33.4 Å². The molecule has 0 amide bonds. The number of nitrogens with zero attached hydrogens (tertiary/aromatic N) is 2. The maximum Gasteiger partial charge on any atom is 0.434 e. The van der Waals surface area contributed by atoms with Crippen LogP contribution in [0.2, 0.25) is 0 Å². The number of alkyl halides is 5. The van der Waals surface area contributed by atoms with Crippen molar-refractivity contribution in [3.63, 3.8) is 0 Å². The molecule has 0 N–H and O–H groups in total. The fourth-order valence-corrected chi connectivity index (χ4v) is 2.62. The Hall–Kier alpha value is -2.72. The zero-order valence-electron chi connectivity index (χ0n) is 16.5. The number of allylic oxidation sites excluding steroid dienone is 1. The lowest BCUT2D eigenvalue weighted by molar-refractivity contribution is -0.142. The molecule has 1 heterocycles. The largest absolute Gasteiger partial charge is 0.462 e. The smallest absolute Gasteiger partial charge is 0.434 e. The molecule has 0 fully saturated rings. The van der Waals surface area contributed by atoms with Crippen LogP contribution in [-0.2, 0) is 15.7 Å². The Bertz CT molecular complexity index is 804. The molecule has 0 unspecified atom stereocenters. The van der Waals surface area contributed by atoms with Gasteiger partial charge in [0.15, 0.2) is 5.69 Å². The number of halogens is 5. The molecular weight excluding hydrogens is 403 g/mol. The number of hydrogen-bond acceptors (Lipinski definition) is 6. The van der Waals surface area contributed by atoms with Crippen LogP contribution in [0.1, 0.15) is 64.9 Å².